The van der Waals surface area contributed by atoms with E-state index < -0.39 is 48.1 Å². The fourth-order valence-electron chi connectivity index (χ4n) is 3.53. The van der Waals surface area contributed by atoms with Gasteiger partial charge in [0.25, 0.3) is 5.91 Å². The van der Waals surface area contributed by atoms with Gasteiger partial charge in [0.2, 0.25) is 5.91 Å². The van der Waals surface area contributed by atoms with Gasteiger partial charge in [0.05, 0.1) is 7.11 Å². The number of phenolic OH excluding ortho intramolecular Hbond substituents is 1. The molecule has 0 bridgehead atoms. The number of phenols is 1. The fraction of sp³-hybridized carbons (Fsp3) is 0.357. The molecule has 0 aliphatic heterocycles. The smallest absolute Gasteiger partial charge is 0.408 e. The van der Waals surface area contributed by atoms with E-state index in [2.05, 4.69) is 21.4 Å². The molecule has 10 heteroatoms. The number of hydrogen-bond acceptors (Lipinski definition) is 7. The van der Waals surface area contributed by atoms with Crippen LogP contribution in [-0.4, -0.2) is 59.2 Å². The van der Waals surface area contributed by atoms with Gasteiger partial charge in [-0.2, -0.15) is 0 Å². The van der Waals surface area contributed by atoms with Gasteiger partial charge in [0.1, 0.15) is 30.0 Å². The summed E-state index contributed by atoms with van der Waals surface area (Å²) in [5.41, 5.74) is 0.622. The molecule has 0 aromatic heterocycles. The zero-order valence-electron chi connectivity index (χ0n) is 22.1. The number of carbonyl (C=O) groups excluding carboxylic acids is 4. The van der Waals surface area contributed by atoms with E-state index >= 15 is 0 Å². The molecule has 3 N–H and O–H groups in total. The van der Waals surface area contributed by atoms with Crippen LogP contribution in [0.5, 0.6) is 5.75 Å². The molecular formula is C28H33N3O7. The Hall–Kier alpha value is -4.52. The second kappa shape index (κ2) is 13.1. The Morgan fingerprint density at radius 3 is 2.32 bits per heavy atom. The lowest BCUT2D eigenvalue weighted by atomic mass is 9.99. The zero-order valence-corrected chi connectivity index (χ0v) is 22.1. The summed E-state index contributed by atoms with van der Waals surface area (Å²) in [7, 11) is 1.17. The van der Waals surface area contributed by atoms with Crippen LogP contribution in [0.25, 0.3) is 0 Å². The van der Waals surface area contributed by atoms with Crippen molar-refractivity contribution in [2.75, 3.05) is 13.7 Å². The monoisotopic (exact) mass is 523 g/mol. The third-order valence-corrected chi connectivity index (χ3v) is 5.33. The Bertz CT molecular complexity index is 1200. The molecule has 10 nitrogen and oxygen atoms in total. The highest BCUT2D eigenvalue weighted by Gasteiger charge is 2.36. The van der Waals surface area contributed by atoms with Gasteiger partial charge in [-0.05, 0) is 56.5 Å². The third-order valence-electron chi connectivity index (χ3n) is 5.33. The first-order valence-corrected chi connectivity index (χ1v) is 11.8. The van der Waals surface area contributed by atoms with E-state index in [1.54, 1.807) is 52.0 Å². The lowest BCUT2D eigenvalue weighted by molar-refractivity contribution is -0.142. The number of aromatic hydroxyl groups is 1. The van der Waals surface area contributed by atoms with Gasteiger partial charge in [0.15, 0.2) is 0 Å². The van der Waals surface area contributed by atoms with Crippen LogP contribution in [0.4, 0.5) is 4.79 Å². The van der Waals surface area contributed by atoms with Gasteiger partial charge in [0, 0.05) is 12.5 Å². The zero-order chi connectivity index (χ0) is 28.5. The van der Waals surface area contributed by atoms with Crippen molar-refractivity contribution >= 4 is 23.9 Å². The predicted molar refractivity (Wildman–Crippen MR) is 140 cm³/mol. The summed E-state index contributed by atoms with van der Waals surface area (Å²) in [6.45, 7) is 6.21. The standard InChI is InChI=1S/C28H33N3O7/c1-7-31(24(25(34)29-17-23(33)37-6)20-13-14-22(32)18(2)15-20)26(35)21(16-19-11-9-8-10-12-19)30-27(36)38-28(3,4)5/h1,8-15,21,24,32H,16-17H2,2-6H3,(H,29,34)(H,30,36). The van der Waals surface area contributed by atoms with Crippen LogP contribution < -0.4 is 10.6 Å². The summed E-state index contributed by atoms with van der Waals surface area (Å²) < 4.78 is 9.91. The minimum absolute atomic E-state index is 0.0189. The molecule has 202 valence electrons. The second-order valence-electron chi connectivity index (χ2n) is 9.47. The number of carbonyl (C=O) groups is 4. The number of amides is 3. The van der Waals surface area contributed by atoms with Crippen LogP contribution in [0.1, 0.15) is 43.5 Å². The Balaban J connectivity index is 2.49. The van der Waals surface area contributed by atoms with E-state index in [9.17, 15) is 24.3 Å². The van der Waals surface area contributed by atoms with Crippen molar-refractivity contribution in [1.29, 1.82) is 0 Å². The van der Waals surface area contributed by atoms with E-state index in [4.69, 9.17) is 11.2 Å². The largest absolute Gasteiger partial charge is 0.508 e. The maximum absolute atomic E-state index is 13.8. The van der Waals surface area contributed by atoms with Crippen molar-refractivity contribution < 1.29 is 33.8 Å². The van der Waals surface area contributed by atoms with E-state index in [-0.39, 0.29) is 17.7 Å². The fourth-order valence-corrected chi connectivity index (χ4v) is 3.53. The Kier molecular flexibility index (Phi) is 10.3. The quantitative estimate of drug-likeness (QED) is 0.261. The molecule has 3 amide bonds. The number of ether oxygens (including phenoxy) is 2. The molecule has 38 heavy (non-hydrogen) atoms. The molecule has 0 aliphatic carbocycles. The molecular weight excluding hydrogens is 490 g/mol. The highest BCUT2D eigenvalue weighted by Crippen LogP contribution is 2.27. The van der Waals surface area contributed by atoms with Gasteiger partial charge in [-0.3, -0.25) is 19.3 Å². The Labute approximate surface area is 222 Å². The van der Waals surface area contributed by atoms with E-state index in [1.807, 2.05) is 6.07 Å². The van der Waals surface area contributed by atoms with Crippen LogP contribution in [-0.2, 0) is 30.3 Å². The highest BCUT2D eigenvalue weighted by atomic mass is 16.6. The number of esters is 1. The molecule has 0 aliphatic rings. The van der Waals surface area contributed by atoms with Crippen molar-refractivity contribution in [2.24, 2.45) is 0 Å². The predicted octanol–water partition coefficient (Wildman–Crippen LogP) is 2.59. The molecule has 0 saturated heterocycles. The number of nitrogens with zero attached hydrogens (tertiary/aromatic N) is 1. The molecule has 0 spiro atoms. The number of terminal acetylenes is 1. The molecule has 2 unspecified atom stereocenters. The van der Waals surface area contributed by atoms with Crippen molar-refractivity contribution in [1.82, 2.24) is 15.5 Å². The molecule has 0 radical (unpaired) electrons. The van der Waals surface area contributed by atoms with Crippen LogP contribution in [0.15, 0.2) is 48.5 Å². The summed E-state index contributed by atoms with van der Waals surface area (Å²) in [5, 5.41) is 15.0. The molecule has 2 atom stereocenters. The number of rotatable bonds is 9. The lowest BCUT2D eigenvalue weighted by Gasteiger charge is -2.30. The second-order valence-corrected chi connectivity index (χ2v) is 9.47. The molecule has 2 aromatic carbocycles. The van der Waals surface area contributed by atoms with E-state index in [0.717, 1.165) is 10.5 Å². The van der Waals surface area contributed by atoms with E-state index in [1.165, 1.54) is 25.3 Å². The first-order chi connectivity index (χ1) is 17.9. The van der Waals surface area contributed by atoms with Crippen LogP contribution in [0, 0.1) is 19.4 Å². The number of alkyl carbamates (subject to hydrolysis) is 1. The number of nitrogens with one attached hydrogen (secondary N) is 2. The van der Waals surface area contributed by atoms with E-state index in [0.29, 0.717) is 5.56 Å². The van der Waals surface area contributed by atoms with Crippen molar-refractivity contribution in [3.8, 4) is 18.2 Å². The van der Waals surface area contributed by atoms with Gasteiger partial charge < -0.3 is 25.2 Å². The lowest BCUT2D eigenvalue weighted by Crippen LogP contribution is -2.52. The summed E-state index contributed by atoms with van der Waals surface area (Å²) in [4.78, 5) is 52.2. The van der Waals surface area contributed by atoms with Crippen LogP contribution in [0.3, 0.4) is 0 Å². The molecule has 0 fully saturated rings. The minimum Gasteiger partial charge on any atom is -0.508 e. The Morgan fingerprint density at radius 2 is 1.76 bits per heavy atom. The van der Waals surface area contributed by atoms with Crippen LogP contribution >= 0.6 is 0 Å². The van der Waals surface area contributed by atoms with Crippen molar-refractivity contribution in [3.63, 3.8) is 0 Å². The average Bonchev–Trinajstić information content (AvgIpc) is 2.86. The molecule has 0 heterocycles. The normalized spacial score (nSPS) is 12.3. The minimum atomic E-state index is -1.39. The van der Waals surface area contributed by atoms with Crippen molar-refractivity contribution in [2.45, 2.75) is 51.8 Å². The van der Waals surface area contributed by atoms with Crippen LogP contribution in [0.2, 0.25) is 0 Å². The summed E-state index contributed by atoms with van der Waals surface area (Å²) in [6.07, 6.45) is 4.97. The van der Waals surface area contributed by atoms with Gasteiger partial charge in [-0.15, -0.1) is 0 Å². The maximum Gasteiger partial charge on any atom is 0.408 e. The van der Waals surface area contributed by atoms with Gasteiger partial charge in [-0.1, -0.05) is 42.8 Å². The Morgan fingerprint density at radius 1 is 1.11 bits per heavy atom. The number of hydrogen-bond donors (Lipinski definition) is 3. The first-order valence-electron chi connectivity index (χ1n) is 11.8. The summed E-state index contributed by atoms with van der Waals surface area (Å²) >= 11 is 0. The van der Waals surface area contributed by atoms with Gasteiger partial charge >= 0.3 is 12.1 Å². The first kappa shape index (κ1) is 29.7. The molecule has 2 rings (SSSR count). The topological polar surface area (TPSA) is 134 Å². The summed E-state index contributed by atoms with van der Waals surface area (Å²) in [5.74, 6) is -2.24. The van der Waals surface area contributed by atoms with Crippen molar-refractivity contribution in [3.05, 3.63) is 65.2 Å². The molecule has 0 saturated carbocycles. The number of aryl methyl sites for hydroxylation is 1. The highest BCUT2D eigenvalue weighted by molar-refractivity contribution is 5.94. The molecule has 2 aromatic rings. The number of methoxy groups -OCH3 is 1. The number of benzene rings is 2. The third kappa shape index (κ3) is 8.55. The summed E-state index contributed by atoms with van der Waals surface area (Å²) in [6, 6.07) is 12.9. The SMILES string of the molecule is C#CN(C(=O)C(Cc1ccccc1)NC(=O)OC(C)(C)C)C(C(=O)NCC(=O)OC)c1ccc(O)c(C)c1. The van der Waals surface area contributed by atoms with Gasteiger partial charge in [-0.25, -0.2) is 4.79 Å². The maximum atomic E-state index is 13.8. The average molecular weight is 524 g/mol.